The number of benzene rings is 7. The van der Waals surface area contributed by atoms with Gasteiger partial charge in [-0.15, -0.1) is 0 Å². The molecule has 1 aliphatic rings. The minimum absolute atomic E-state index is 0.204. The number of nitrogens with zero attached hydrogens (tertiary/aromatic N) is 2. The van der Waals surface area contributed by atoms with Crippen LogP contribution in [0.2, 0.25) is 0 Å². The first-order valence-electron chi connectivity index (χ1n) is 16.5. The number of rotatable bonds is 4. The molecule has 0 saturated carbocycles. The highest BCUT2D eigenvalue weighted by molar-refractivity contribution is 6.11. The van der Waals surface area contributed by atoms with E-state index in [4.69, 9.17) is 0 Å². The van der Waals surface area contributed by atoms with E-state index in [1.807, 2.05) is 0 Å². The Morgan fingerprint density at radius 2 is 1.00 bits per heavy atom. The van der Waals surface area contributed by atoms with Crippen molar-refractivity contribution < 1.29 is 0 Å². The molecule has 7 aromatic carbocycles. The molecule has 0 radical (unpaired) electrons. The van der Waals surface area contributed by atoms with Crippen LogP contribution < -0.4 is 4.90 Å². The lowest BCUT2D eigenvalue weighted by molar-refractivity contribution is 0.660. The van der Waals surface area contributed by atoms with Crippen LogP contribution in [0.4, 0.5) is 17.1 Å². The summed E-state index contributed by atoms with van der Waals surface area (Å²) in [5.74, 6) is 0. The number of aryl methyl sites for hydroxylation is 2. The van der Waals surface area contributed by atoms with Gasteiger partial charge in [0.25, 0.3) is 0 Å². The van der Waals surface area contributed by atoms with Gasteiger partial charge in [0.15, 0.2) is 0 Å². The average molecular weight is 605 g/mol. The second kappa shape index (κ2) is 10.2. The molecule has 2 heteroatoms. The molecule has 226 valence electrons. The van der Waals surface area contributed by atoms with Crippen molar-refractivity contribution in [3.63, 3.8) is 0 Å². The smallest absolute Gasteiger partial charge is 0.0543 e. The summed E-state index contributed by atoms with van der Waals surface area (Å²) in [6, 6.07) is 53.9. The first kappa shape index (κ1) is 27.7. The second-order valence-corrected chi connectivity index (χ2v) is 13.6. The van der Waals surface area contributed by atoms with E-state index in [0.29, 0.717) is 0 Å². The quantitative estimate of drug-likeness (QED) is 0.194. The van der Waals surface area contributed by atoms with E-state index in [2.05, 4.69) is 183 Å². The highest BCUT2D eigenvalue weighted by atomic mass is 15.1. The molecule has 0 fully saturated rings. The number of aromatic nitrogens is 1. The minimum atomic E-state index is -0.204. The van der Waals surface area contributed by atoms with E-state index < -0.39 is 0 Å². The lowest BCUT2D eigenvalue weighted by atomic mass is 9.81. The Morgan fingerprint density at radius 1 is 0.489 bits per heavy atom. The molecule has 1 aliphatic carbocycles. The molecule has 8 aromatic rings. The van der Waals surface area contributed by atoms with Crippen molar-refractivity contribution in [1.29, 1.82) is 0 Å². The molecule has 9 rings (SSSR count). The van der Waals surface area contributed by atoms with Gasteiger partial charge in [-0.2, -0.15) is 0 Å². The maximum Gasteiger partial charge on any atom is 0.0543 e. The Labute approximate surface area is 276 Å². The Morgan fingerprint density at radius 3 is 1.57 bits per heavy atom. The third-order valence-electron chi connectivity index (χ3n) is 10.3. The number of hydrogen-bond acceptors (Lipinski definition) is 1. The third kappa shape index (κ3) is 4.11. The van der Waals surface area contributed by atoms with Gasteiger partial charge in [0.1, 0.15) is 0 Å². The fourth-order valence-electron chi connectivity index (χ4n) is 7.89. The van der Waals surface area contributed by atoms with Crippen molar-refractivity contribution in [2.45, 2.75) is 33.1 Å². The van der Waals surface area contributed by atoms with Crippen molar-refractivity contribution in [1.82, 2.24) is 4.57 Å². The normalized spacial score (nSPS) is 13.3. The predicted molar refractivity (Wildman–Crippen MR) is 200 cm³/mol. The summed E-state index contributed by atoms with van der Waals surface area (Å²) >= 11 is 0. The van der Waals surface area contributed by atoms with Crippen LogP contribution in [0.1, 0.15) is 36.1 Å². The van der Waals surface area contributed by atoms with Gasteiger partial charge in [0, 0.05) is 38.6 Å². The molecule has 47 heavy (non-hydrogen) atoms. The zero-order valence-corrected chi connectivity index (χ0v) is 27.3. The molecule has 0 atom stereocenters. The van der Waals surface area contributed by atoms with Gasteiger partial charge < -0.3 is 9.47 Å². The van der Waals surface area contributed by atoms with Gasteiger partial charge in [0.2, 0.25) is 0 Å². The fourth-order valence-corrected chi connectivity index (χ4v) is 7.89. The highest BCUT2D eigenvalue weighted by Gasteiger charge is 2.38. The highest BCUT2D eigenvalue weighted by Crippen LogP contribution is 2.55. The molecule has 2 nitrogen and oxygen atoms in total. The number of hydrogen-bond donors (Lipinski definition) is 0. The Hall–Kier alpha value is -5.60. The zero-order valence-electron chi connectivity index (χ0n) is 27.3. The predicted octanol–water partition coefficient (Wildman–Crippen LogP) is 12.3. The molecule has 0 saturated heterocycles. The van der Waals surface area contributed by atoms with Crippen molar-refractivity contribution >= 4 is 49.6 Å². The lowest BCUT2D eigenvalue weighted by Crippen LogP contribution is -2.17. The van der Waals surface area contributed by atoms with Crippen LogP contribution in [-0.2, 0) is 5.41 Å². The third-order valence-corrected chi connectivity index (χ3v) is 10.3. The van der Waals surface area contributed by atoms with E-state index in [9.17, 15) is 0 Å². The molecular weight excluding hydrogens is 569 g/mol. The van der Waals surface area contributed by atoms with Crippen LogP contribution in [0.25, 0.3) is 49.4 Å². The molecule has 0 N–H and O–H groups in total. The van der Waals surface area contributed by atoms with Crippen molar-refractivity contribution in [2.24, 2.45) is 0 Å². The molecule has 1 aromatic heterocycles. The van der Waals surface area contributed by atoms with E-state index in [0.717, 1.165) is 11.4 Å². The number of para-hydroxylation sites is 2. The van der Waals surface area contributed by atoms with Crippen molar-refractivity contribution in [2.75, 3.05) is 4.90 Å². The van der Waals surface area contributed by atoms with Gasteiger partial charge in [-0.25, -0.2) is 0 Å². The maximum absolute atomic E-state index is 2.47. The maximum atomic E-state index is 2.47. The van der Waals surface area contributed by atoms with Gasteiger partial charge in [0.05, 0.1) is 16.7 Å². The van der Waals surface area contributed by atoms with Crippen molar-refractivity contribution in [3.05, 3.63) is 168 Å². The van der Waals surface area contributed by atoms with E-state index in [1.165, 1.54) is 77.3 Å². The molecule has 0 bridgehead atoms. The molecule has 0 aliphatic heterocycles. The van der Waals surface area contributed by atoms with E-state index in [1.54, 1.807) is 0 Å². The van der Waals surface area contributed by atoms with E-state index in [-0.39, 0.29) is 5.41 Å². The second-order valence-electron chi connectivity index (χ2n) is 13.6. The van der Waals surface area contributed by atoms with Crippen LogP contribution in [0.5, 0.6) is 0 Å². The minimum Gasteiger partial charge on any atom is -0.310 e. The summed E-state index contributed by atoms with van der Waals surface area (Å²) in [7, 11) is 0. The Kier molecular flexibility index (Phi) is 6.01. The standard InChI is InChI=1S/C45H36N2/c1-29-17-21-31(22-18-29)46(32-23-19-30(2)20-24-32)43-28-40-44(37-14-6-5-13-36(37)43)38-26-25-33(27-39(38)45(40,3)4)47-41-15-9-7-11-34(41)35-12-8-10-16-42(35)47/h5-28H,1-4H3. The van der Waals surface area contributed by atoms with Crippen LogP contribution in [-0.4, -0.2) is 4.57 Å². The largest absolute Gasteiger partial charge is 0.310 e. The first-order valence-corrected chi connectivity index (χ1v) is 16.5. The summed E-state index contributed by atoms with van der Waals surface area (Å²) in [4.78, 5) is 2.43. The number of anilines is 3. The molecule has 1 heterocycles. The summed E-state index contributed by atoms with van der Waals surface area (Å²) in [6.07, 6.45) is 0. The lowest BCUT2D eigenvalue weighted by Gasteiger charge is -2.30. The Balaban J connectivity index is 1.29. The van der Waals surface area contributed by atoms with Gasteiger partial charge in [-0.3, -0.25) is 0 Å². The summed E-state index contributed by atoms with van der Waals surface area (Å²) in [6.45, 7) is 9.10. The van der Waals surface area contributed by atoms with Crippen LogP contribution >= 0.6 is 0 Å². The van der Waals surface area contributed by atoms with E-state index >= 15 is 0 Å². The molecule has 0 spiro atoms. The Bertz CT molecular complexity index is 2400. The average Bonchev–Trinajstić information content (AvgIpc) is 3.55. The van der Waals surface area contributed by atoms with Gasteiger partial charge in [-0.05, 0) is 96.1 Å². The number of fused-ring (bicyclic) bond motifs is 8. The summed E-state index contributed by atoms with van der Waals surface area (Å²) in [5, 5.41) is 5.12. The topological polar surface area (TPSA) is 8.17 Å². The summed E-state index contributed by atoms with van der Waals surface area (Å²) < 4.78 is 2.43. The van der Waals surface area contributed by atoms with Crippen molar-refractivity contribution in [3.8, 4) is 16.8 Å². The van der Waals surface area contributed by atoms with Gasteiger partial charge in [-0.1, -0.05) is 116 Å². The van der Waals surface area contributed by atoms with Gasteiger partial charge >= 0.3 is 0 Å². The zero-order chi connectivity index (χ0) is 31.9. The molecular formula is C45H36N2. The fraction of sp³-hybridized carbons (Fsp3) is 0.111. The summed E-state index contributed by atoms with van der Waals surface area (Å²) in [5.41, 5.74) is 14.9. The SMILES string of the molecule is Cc1ccc(N(c2ccc(C)cc2)c2cc3c(c4ccccc24)-c2ccc(-n4c5ccccc5c5ccccc54)cc2C3(C)C)cc1. The molecule has 0 unspecified atom stereocenters. The molecule has 0 amide bonds. The van der Waals surface area contributed by atoms with Crippen LogP contribution in [0, 0.1) is 13.8 Å². The van der Waals surface area contributed by atoms with Crippen LogP contribution in [0.15, 0.2) is 146 Å². The monoisotopic (exact) mass is 604 g/mol. The van der Waals surface area contributed by atoms with Crippen LogP contribution in [0.3, 0.4) is 0 Å². The first-order chi connectivity index (χ1) is 22.9.